The second kappa shape index (κ2) is 7.12. The molecular formula is C17H12ClF3N2O5. The lowest BCUT2D eigenvalue weighted by molar-refractivity contribution is -0.317. The number of benzene rings is 2. The number of rotatable bonds is 3. The highest BCUT2D eigenvalue weighted by Gasteiger charge is 2.65. The zero-order chi connectivity index (χ0) is 20.5. The van der Waals surface area contributed by atoms with Crippen molar-refractivity contribution < 1.29 is 37.0 Å². The third-order valence-corrected chi connectivity index (χ3v) is 3.88. The monoisotopic (exact) mass is 416 g/mol. The van der Waals surface area contributed by atoms with E-state index in [0.717, 1.165) is 13.2 Å². The number of nitrogens with one attached hydrogen (secondary N) is 2. The predicted octanol–water partition coefficient (Wildman–Crippen LogP) is 3.94. The van der Waals surface area contributed by atoms with Crippen LogP contribution in [0.5, 0.6) is 11.5 Å². The fraction of sp³-hybridized carbons (Fsp3) is 0.176. The average Bonchev–Trinajstić information content (AvgIpc) is 2.99. The number of fused-ring (bicyclic) bond motifs is 1. The van der Waals surface area contributed by atoms with Crippen LogP contribution in [-0.2, 0) is 4.74 Å². The van der Waals surface area contributed by atoms with Crippen molar-refractivity contribution in [2.75, 3.05) is 12.4 Å². The molecule has 0 bridgehead atoms. The number of carbonyl (C=O) groups excluding carboxylic acids is 2. The minimum atomic E-state index is -5.14. The number of alkyl halides is 3. The quantitative estimate of drug-likeness (QED) is 0.740. The van der Waals surface area contributed by atoms with E-state index >= 15 is 0 Å². The Morgan fingerprint density at radius 1 is 1.11 bits per heavy atom. The van der Waals surface area contributed by atoms with Crippen molar-refractivity contribution >= 4 is 29.3 Å². The number of methoxy groups -OCH3 is 1. The number of para-hydroxylation sites is 1. The lowest BCUT2D eigenvalue weighted by atomic mass is 10.2. The highest BCUT2D eigenvalue weighted by Crippen LogP contribution is 2.46. The minimum absolute atomic E-state index is 0.0514. The Hall–Kier alpha value is -3.14. The summed E-state index contributed by atoms with van der Waals surface area (Å²) >= 11 is 5.74. The van der Waals surface area contributed by atoms with E-state index in [1.807, 2.05) is 0 Å². The molecule has 2 N–H and O–H groups in total. The van der Waals surface area contributed by atoms with E-state index in [2.05, 4.69) is 10.1 Å². The lowest BCUT2D eigenvalue weighted by Gasteiger charge is -2.29. The van der Waals surface area contributed by atoms with Crippen molar-refractivity contribution in [1.29, 1.82) is 0 Å². The molecule has 148 valence electrons. The molecule has 7 nitrogen and oxygen atoms in total. The molecule has 3 rings (SSSR count). The molecule has 0 saturated heterocycles. The zero-order valence-corrected chi connectivity index (χ0v) is 14.9. The molecule has 11 heteroatoms. The smallest absolute Gasteiger partial charge is 0.465 e. The molecule has 0 aromatic heterocycles. The maximum atomic E-state index is 13.6. The van der Waals surface area contributed by atoms with Crippen LogP contribution in [0.15, 0.2) is 42.5 Å². The molecule has 2 aromatic rings. The fourth-order valence-corrected chi connectivity index (χ4v) is 2.56. The van der Waals surface area contributed by atoms with E-state index in [1.54, 1.807) is 5.32 Å². The third kappa shape index (κ3) is 3.63. The molecule has 0 aliphatic carbocycles. The van der Waals surface area contributed by atoms with E-state index in [1.165, 1.54) is 36.4 Å². The number of halogens is 4. The van der Waals surface area contributed by atoms with Crippen molar-refractivity contribution in [3.05, 3.63) is 53.1 Å². The van der Waals surface area contributed by atoms with Crippen LogP contribution in [0, 0.1) is 0 Å². The number of ether oxygens (including phenoxy) is 3. The van der Waals surface area contributed by atoms with Gasteiger partial charge in [-0.15, -0.1) is 0 Å². The number of urea groups is 1. The van der Waals surface area contributed by atoms with Gasteiger partial charge in [0.25, 0.3) is 0 Å². The van der Waals surface area contributed by atoms with E-state index in [-0.39, 0.29) is 27.8 Å². The molecular weight excluding hydrogens is 405 g/mol. The number of amides is 2. The summed E-state index contributed by atoms with van der Waals surface area (Å²) < 4.78 is 55.2. The van der Waals surface area contributed by atoms with Crippen molar-refractivity contribution in [1.82, 2.24) is 5.32 Å². The third-order valence-electron chi connectivity index (χ3n) is 3.64. The van der Waals surface area contributed by atoms with Gasteiger partial charge >= 0.3 is 24.1 Å². The van der Waals surface area contributed by atoms with Crippen LogP contribution in [0.2, 0.25) is 5.02 Å². The highest BCUT2D eigenvalue weighted by atomic mass is 35.5. The Bertz CT molecular complexity index is 937. The number of carbonyl (C=O) groups is 2. The summed E-state index contributed by atoms with van der Waals surface area (Å²) in [4.78, 5) is 24.0. The number of anilines is 1. The molecule has 0 fully saturated rings. The molecule has 28 heavy (non-hydrogen) atoms. The van der Waals surface area contributed by atoms with Gasteiger partial charge in [0.1, 0.15) is 0 Å². The largest absolute Gasteiger partial charge is 0.492 e. The Morgan fingerprint density at radius 2 is 1.79 bits per heavy atom. The first-order valence-electron chi connectivity index (χ1n) is 7.66. The molecule has 0 spiro atoms. The molecule has 0 radical (unpaired) electrons. The van der Waals surface area contributed by atoms with Crippen molar-refractivity contribution in [3.63, 3.8) is 0 Å². The summed E-state index contributed by atoms with van der Waals surface area (Å²) in [5, 5.41) is 3.89. The number of hydrogen-bond acceptors (Lipinski definition) is 5. The van der Waals surface area contributed by atoms with Gasteiger partial charge in [-0.1, -0.05) is 23.7 Å². The molecule has 1 aliphatic heterocycles. The second-order valence-electron chi connectivity index (χ2n) is 5.53. The highest BCUT2D eigenvalue weighted by molar-refractivity contribution is 6.30. The van der Waals surface area contributed by atoms with Crippen LogP contribution in [0.25, 0.3) is 0 Å². The Morgan fingerprint density at radius 3 is 2.46 bits per heavy atom. The van der Waals surface area contributed by atoms with Crippen LogP contribution < -0.4 is 20.1 Å². The van der Waals surface area contributed by atoms with Gasteiger partial charge in [0.2, 0.25) is 0 Å². The maximum absolute atomic E-state index is 13.6. The first-order valence-corrected chi connectivity index (χ1v) is 8.04. The second-order valence-corrected chi connectivity index (χ2v) is 5.96. The van der Waals surface area contributed by atoms with Crippen LogP contribution in [-0.4, -0.2) is 31.2 Å². The van der Waals surface area contributed by atoms with E-state index in [9.17, 15) is 22.8 Å². The summed E-state index contributed by atoms with van der Waals surface area (Å²) in [5.74, 6) is -4.79. The van der Waals surface area contributed by atoms with Crippen molar-refractivity contribution in [3.8, 4) is 11.5 Å². The van der Waals surface area contributed by atoms with Gasteiger partial charge in [-0.2, -0.15) is 13.2 Å². The molecule has 2 amide bonds. The van der Waals surface area contributed by atoms with Crippen LogP contribution in [0.1, 0.15) is 10.4 Å². The topological polar surface area (TPSA) is 85.9 Å². The van der Waals surface area contributed by atoms with E-state index in [0.29, 0.717) is 0 Å². The van der Waals surface area contributed by atoms with Crippen LogP contribution in [0.3, 0.4) is 0 Å². The first kappa shape index (κ1) is 19.6. The van der Waals surface area contributed by atoms with E-state index < -0.39 is 24.1 Å². The summed E-state index contributed by atoms with van der Waals surface area (Å²) in [7, 11) is 1.13. The molecule has 2 aromatic carbocycles. The number of hydrogen-bond donors (Lipinski definition) is 2. The van der Waals surface area contributed by atoms with Crippen molar-refractivity contribution in [2.45, 2.75) is 12.1 Å². The van der Waals surface area contributed by atoms with Gasteiger partial charge in [0.15, 0.2) is 11.5 Å². The van der Waals surface area contributed by atoms with Gasteiger partial charge < -0.3 is 19.5 Å². The summed E-state index contributed by atoms with van der Waals surface area (Å²) in [6, 6.07) is 7.90. The maximum Gasteiger partial charge on any atom is 0.492 e. The van der Waals surface area contributed by atoms with Gasteiger partial charge in [0.05, 0.1) is 18.4 Å². The van der Waals surface area contributed by atoms with Crippen LogP contribution >= 0.6 is 11.6 Å². The van der Waals surface area contributed by atoms with Gasteiger partial charge in [-0.05, 0) is 24.3 Å². The lowest BCUT2D eigenvalue weighted by Crippen LogP contribution is -2.65. The molecule has 1 heterocycles. The summed E-state index contributed by atoms with van der Waals surface area (Å²) in [6.45, 7) is 0. The molecule has 1 aliphatic rings. The Labute approximate surface area is 161 Å². The van der Waals surface area contributed by atoms with Gasteiger partial charge in [-0.3, -0.25) is 5.32 Å². The zero-order valence-electron chi connectivity index (χ0n) is 14.1. The summed E-state index contributed by atoms with van der Waals surface area (Å²) in [6.07, 6.45) is -5.14. The SMILES string of the molecule is COC(=O)c1ccccc1NC(=O)NC1(C(F)(F)F)Oc2ccc(Cl)cc2O1. The molecule has 1 atom stereocenters. The van der Waals surface area contributed by atoms with Crippen LogP contribution in [0.4, 0.5) is 23.7 Å². The van der Waals surface area contributed by atoms with Gasteiger partial charge in [0, 0.05) is 11.1 Å². The standard InChI is InChI=1S/C17H12ClF3N2O5/c1-26-14(24)10-4-2-3-5-11(10)22-15(25)23-17(16(19,20)21)27-12-7-6-9(18)8-13(12)28-17/h2-8H,1H3,(H2,22,23,25). The Kier molecular flexibility index (Phi) is 4.99. The van der Waals surface area contributed by atoms with E-state index in [4.69, 9.17) is 21.1 Å². The average molecular weight is 417 g/mol. The minimum Gasteiger partial charge on any atom is -0.465 e. The molecule has 1 unspecified atom stereocenters. The normalized spacial score (nSPS) is 17.8. The fourth-order valence-electron chi connectivity index (χ4n) is 2.40. The predicted molar refractivity (Wildman–Crippen MR) is 91.4 cm³/mol. The number of esters is 1. The van der Waals surface area contributed by atoms with Gasteiger partial charge in [-0.25, -0.2) is 9.59 Å². The summed E-state index contributed by atoms with van der Waals surface area (Å²) in [5.41, 5.74) is -0.118. The Balaban J connectivity index is 1.85. The first-order chi connectivity index (χ1) is 13.1. The molecule has 0 saturated carbocycles. The van der Waals surface area contributed by atoms with Crippen molar-refractivity contribution in [2.24, 2.45) is 0 Å².